The second kappa shape index (κ2) is 5.74. The highest BCUT2D eigenvalue weighted by Crippen LogP contribution is 2.29. The van der Waals surface area contributed by atoms with Crippen LogP contribution in [0.5, 0.6) is 0 Å². The number of hydrogen-bond donors (Lipinski definition) is 0. The highest BCUT2D eigenvalue weighted by molar-refractivity contribution is 6.30. The van der Waals surface area contributed by atoms with Crippen molar-refractivity contribution in [3.63, 3.8) is 0 Å². The van der Waals surface area contributed by atoms with Gasteiger partial charge in [0.1, 0.15) is 0 Å². The van der Waals surface area contributed by atoms with E-state index in [0.29, 0.717) is 6.10 Å². The maximum atomic E-state index is 6.03. The fraction of sp³-hybridized carbons (Fsp3) is 0.571. The number of fused-ring (bicyclic) bond motifs is 1. The second-order valence-corrected chi connectivity index (χ2v) is 5.22. The average molecular weight is 254 g/mol. The molecule has 94 valence electrons. The molecule has 2 nitrogen and oxygen atoms in total. The van der Waals surface area contributed by atoms with E-state index in [2.05, 4.69) is 30.9 Å². The molecule has 1 aromatic carbocycles. The largest absolute Gasteiger partial charge is 0.377 e. The lowest BCUT2D eigenvalue weighted by Gasteiger charge is -2.31. The summed E-state index contributed by atoms with van der Waals surface area (Å²) in [5, 5.41) is 0.837. The number of aryl methyl sites for hydroxylation is 1. The van der Waals surface area contributed by atoms with E-state index in [4.69, 9.17) is 16.3 Å². The van der Waals surface area contributed by atoms with Gasteiger partial charge < -0.3 is 9.64 Å². The van der Waals surface area contributed by atoms with Crippen LogP contribution in [0, 0.1) is 0 Å². The monoisotopic (exact) mass is 253 g/mol. The molecule has 3 heteroatoms. The van der Waals surface area contributed by atoms with Gasteiger partial charge in [-0.25, -0.2) is 0 Å². The van der Waals surface area contributed by atoms with Crippen molar-refractivity contribution in [3.8, 4) is 0 Å². The number of halogens is 1. The van der Waals surface area contributed by atoms with Gasteiger partial charge in [0.2, 0.25) is 0 Å². The standard InChI is InChI=1S/C14H20ClNO/c1-11(2)17-9-8-16-7-3-4-12-10-13(15)5-6-14(12)16/h5-6,10-11H,3-4,7-9H2,1-2H3. The Bertz CT molecular complexity index is 378. The van der Waals surface area contributed by atoms with Crippen molar-refractivity contribution in [1.82, 2.24) is 0 Å². The third kappa shape index (κ3) is 3.36. The van der Waals surface area contributed by atoms with Gasteiger partial charge >= 0.3 is 0 Å². The number of rotatable bonds is 4. The minimum Gasteiger partial charge on any atom is -0.377 e. The van der Waals surface area contributed by atoms with Crippen molar-refractivity contribution in [2.45, 2.75) is 32.8 Å². The molecule has 17 heavy (non-hydrogen) atoms. The molecular formula is C14H20ClNO. The Morgan fingerprint density at radius 2 is 2.24 bits per heavy atom. The highest BCUT2D eigenvalue weighted by Gasteiger charge is 2.16. The molecule has 0 aliphatic carbocycles. The molecular weight excluding hydrogens is 234 g/mol. The van der Waals surface area contributed by atoms with Crippen molar-refractivity contribution >= 4 is 17.3 Å². The SMILES string of the molecule is CC(C)OCCN1CCCc2cc(Cl)ccc21. The summed E-state index contributed by atoms with van der Waals surface area (Å²) in [6.07, 6.45) is 2.65. The molecule has 0 bridgehead atoms. The van der Waals surface area contributed by atoms with Gasteiger partial charge in [0.15, 0.2) is 0 Å². The summed E-state index contributed by atoms with van der Waals surface area (Å²) in [5.41, 5.74) is 2.70. The molecule has 0 fully saturated rings. The van der Waals surface area contributed by atoms with Gasteiger partial charge in [0, 0.05) is 23.8 Å². The smallest absolute Gasteiger partial charge is 0.0645 e. The quantitative estimate of drug-likeness (QED) is 0.814. The first kappa shape index (κ1) is 12.7. The lowest BCUT2D eigenvalue weighted by Crippen LogP contribution is -2.33. The summed E-state index contributed by atoms with van der Waals surface area (Å²) in [4.78, 5) is 2.40. The van der Waals surface area contributed by atoms with E-state index >= 15 is 0 Å². The van der Waals surface area contributed by atoms with Crippen molar-refractivity contribution in [2.75, 3.05) is 24.6 Å². The van der Waals surface area contributed by atoms with Crippen LogP contribution in [-0.2, 0) is 11.2 Å². The summed E-state index contributed by atoms with van der Waals surface area (Å²) < 4.78 is 5.62. The van der Waals surface area contributed by atoms with Crippen LogP contribution in [0.25, 0.3) is 0 Å². The van der Waals surface area contributed by atoms with Crippen LogP contribution in [-0.4, -0.2) is 25.8 Å². The summed E-state index contributed by atoms with van der Waals surface area (Å²) in [7, 11) is 0. The fourth-order valence-corrected chi connectivity index (χ4v) is 2.47. The Balaban J connectivity index is 2.02. The van der Waals surface area contributed by atoms with Crippen LogP contribution >= 0.6 is 11.6 Å². The van der Waals surface area contributed by atoms with Crippen LogP contribution in [0.1, 0.15) is 25.8 Å². The van der Waals surface area contributed by atoms with Crippen LogP contribution in [0.2, 0.25) is 5.02 Å². The number of hydrogen-bond acceptors (Lipinski definition) is 2. The van der Waals surface area contributed by atoms with Crippen molar-refractivity contribution < 1.29 is 4.74 Å². The molecule has 0 N–H and O–H groups in total. The number of ether oxygens (including phenoxy) is 1. The first-order chi connectivity index (χ1) is 8.16. The number of nitrogens with zero attached hydrogens (tertiary/aromatic N) is 1. The minimum absolute atomic E-state index is 0.310. The molecule has 1 heterocycles. The highest BCUT2D eigenvalue weighted by atomic mass is 35.5. The van der Waals surface area contributed by atoms with E-state index in [9.17, 15) is 0 Å². The van der Waals surface area contributed by atoms with E-state index in [-0.39, 0.29) is 0 Å². The van der Waals surface area contributed by atoms with Gasteiger partial charge in [-0.15, -0.1) is 0 Å². The lowest BCUT2D eigenvalue weighted by molar-refractivity contribution is 0.0839. The zero-order chi connectivity index (χ0) is 12.3. The molecule has 1 aromatic rings. The van der Waals surface area contributed by atoms with Gasteiger partial charge in [-0.05, 0) is 50.5 Å². The van der Waals surface area contributed by atoms with Crippen molar-refractivity contribution in [2.24, 2.45) is 0 Å². The van der Waals surface area contributed by atoms with Gasteiger partial charge in [-0.1, -0.05) is 11.6 Å². The van der Waals surface area contributed by atoms with E-state index in [1.54, 1.807) is 0 Å². The van der Waals surface area contributed by atoms with Crippen molar-refractivity contribution in [1.29, 1.82) is 0 Å². The number of anilines is 1. The summed E-state index contributed by atoms with van der Waals surface area (Å²) in [6, 6.07) is 6.20. The van der Waals surface area contributed by atoms with Crippen LogP contribution in [0.15, 0.2) is 18.2 Å². The van der Waals surface area contributed by atoms with Gasteiger partial charge in [-0.3, -0.25) is 0 Å². The predicted molar refractivity (Wildman–Crippen MR) is 73.1 cm³/mol. The summed E-state index contributed by atoms with van der Waals surface area (Å²) in [6.45, 7) is 7.02. The van der Waals surface area contributed by atoms with E-state index < -0.39 is 0 Å². The predicted octanol–water partition coefficient (Wildman–Crippen LogP) is 3.52. The maximum absolute atomic E-state index is 6.03. The van der Waals surface area contributed by atoms with E-state index in [0.717, 1.165) is 31.1 Å². The van der Waals surface area contributed by atoms with Gasteiger partial charge in [-0.2, -0.15) is 0 Å². The van der Waals surface area contributed by atoms with Crippen LogP contribution in [0.3, 0.4) is 0 Å². The Hall–Kier alpha value is -0.730. The zero-order valence-corrected chi connectivity index (χ0v) is 11.3. The Morgan fingerprint density at radius 3 is 3.00 bits per heavy atom. The van der Waals surface area contributed by atoms with Crippen LogP contribution < -0.4 is 4.90 Å². The molecule has 0 unspecified atom stereocenters. The normalized spacial score (nSPS) is 15.2. The molecule has 0 aromatic heterocycles. The summed E-state index contributed by atoms with van der Waals surface area (Å²) in [5.74, 6) is 0. The third-order valence-corrected chi connectivity index (χ3v) is 3.30. The third-order valence-electron chi connectivity index (χ3n) is 3.07. The van der Waals surface area contributed by atoms with Gasteiger partial charge in [0.05, 0.1) is 12.7 Å². The molecule has 1 aliphatic rings. The summed E-state index contributed by atoms with van der Waals surface area (Å²) >= 11 is 6.03. The minimum atomic E-state index is 0.310. The topological polar surface area (TPSA) is 12.5 Å². The Kier molecular flexibility index (Phi) is 4.30. The number of benzene rings is 1. The molecule has 2 rings (SSSR count). The fourth-order valence-electron chi connectivity index (χ4n) is 2.27. The first-order valence-corrected chi connectivity index (χ1v) is 6.69. The Labute approximate surface area is 109 Å². The molecule has 0 saturated heterocycles. The molecule has 0 spiro atoms. The van der Waals surface area contributed by atoms with E-state index in [1.165, 1.54) is 17.7 Å². The van der Waals surface area contributed by atoms with E-state index in [1.807, 2.05) is 6.07 Å². The maximum Gasteiger partial charge on any atom is 0.0645 e. The lowest BCUT2D eigenvalue weighted by atomic mass is 10.0. The Morgan fingerprint density at radius 1 is 1.41 bits per heavy atom. The molecule has 0 atom stereocenters. The molecule has 1 aliphatic heterocycles. The van der Waals surface area contributed by atoms with Crippen molar-refractivity contribution in [3.05, 3.63) is 28.8 Å². The van der Waals surface area contributed by atoms with Crippen LogP contribution in [0.4, 0.5) is 5.69 Å². The zero-order valence-electron chi connectivity index (χ0n) is 10.6. The molecule has 0 saturated carbocycles. The molecule has 0 amide bonds. The second-order valence-electron chi connectivity index (χ2n) is 4.78. The van der Waals surface area contributed by atoms with Gasteiger partial charge in [0.25, 0.3) is 0 Å². The first-order valence-electron chi connectivity index (χ1n) is 6.32. The molecule has 0 radical (unpaired) electrons. The average Bonchev–Trinajstić information content (AvgIpc) is 2.28.